The number of hydrogen-bond acceptors (Lipinski definition) is 5. The Hall–Kier alpha value is -2.56. The van der Waals surface area contributed by atoms with E-state index in [2.05, 4.69) is 13.8 Å². The Balaban J connectivity index is 0.000000816. The molecule has 0 unspecified atom stereocenters. The molecule has 0 aliphatic carbocycles. The van der Waals surface area contributed by atoms with Gasteiger partial charge in [0.2, 0.25) is 0 Å². The Kier molecular flexibility index (Phi) is 6.13. The van der Waals surface area contributed by atoms with E-state index in [4.69, 9.17) is 4.74 Å². The van der Waals surface area contributed by atoms with Gasteiger partial charge in [0.05, 0.1) is 0 Å². The first-order chi connectivity index (χ1) is 10.7. The van der Waals surface area contributed by atoms with Crippen molar-refractivity contribution in [2.75, 3.05) is 0 Å². The lowest BCUT2D eigenvalue weighted by Crippen LogP contribution is -2.25. The zero-order valence-corrected chi connectivity index (χ0v) is 13.9. The third-order valence-corrected chi connectivity index (χ3v) is 2.94. The van der Waals surface area contributed by atoms with Gasteiger partial charge in [-0.25, -0.2) is 0 Å². The van der Waals surface area contributed by atoms with Crippen LogP contribution >= 0.6 is 0 Å². The van der Waals surface area contributed by atoms with Gasteiger partial charge in [0.25, 0.3) is 0 Å². The average Bonchev–Trinajstić information content (AvgIpc) is 2.46. The maximum absolute atomic E-state index is 9.87. The lowest BCUT2D eigenvalue weighted by Gasteiger charge is -2.28. The van der Waals surface area contributed by atoms with E-state index >= 15 is 0 Å². The zero-order chi connectivity index (χ0) is 17.6. The predicted octanol–water partition coefficient (Wildman–Crippen LogP) is 4.24. The third kappa shape index (κ3) is 4.98. The van der Waals surface area contributed by atoms with Crippen LogP contribution in [0.15, 0.2) is 36.4 Å². The molecule has 0 fully saturated rings. The third-order valence-electron chi connectivity index (χ3n) is 2.94. The Morgan fingerprint density at radius 2 is 1.30 bits per heavy atom. The van der Waals surface area contributed by atoms with E-state index in [1.807, 2.05) is 0 Å². The highest BCUT2D eigenvalue weighted by Gasteiger charge is 2.27. The van der Waals surface area contributed by atoms with Crippen molar-refractivity contribution in [2.24, 2.45) is 0 Å². The fourth-order valence-corrected chi connectivity index (χ4v) is 1.92. The molecular formula is C18H24O5. The van der Waals surface area contributed by atoms with Crippen molar-refractivity contribution in [1.82, 2.24) is 0 Å². The number of hydrogen-bond donors (Lipinski definition) is 4. The molecule has 0 aliphatic rings. The summed E-state index contributed by atoms with van der Waals surface area (Å²) in [4.78, 5) is 0. The lowest BCUT2D eigenvalue weighted by atomic mass is 9.96. The van der Waals surface area contributed by atoms with Crippen LogP contribution in [0.4, 0.5) is 0 Å². The van der Waals surface area contributed by atoms with Crippen LogP contribution in [-0.2, 0) is 5.60 Å². The minimum atomic E-state index is -1.02. The Labute approximate surface area is 136 Å². The van der Waals surface area contributed by atoms with Crippen molar-refractivity contribution in [3.63, 3.8) is 0 Å². The normalized spacial score (nSPS) is 10.6. The van der Waals surface area contributed by atoms with Crippen molar-refractivity contribution in [2.45, 2.75) is 39.7 Å². The molecule has 0 spiro atoms. The molecule has 0 heterocycles. The quantitative estimate of drug-likeness (QED) is 0.635. The lowest BCUT2D eigenvalue weighted by molar-refractivity contribution is 0.100. The number of aromatic hydroxyl groups is 4. The summed E-state index contributed by atoms with van der Waals surface area (Å²) < 4.78 is 5.65. The molecule has 2 aromatic rings. The number of rotatable bonds is 3. The van der Waals surface area contributed by atoms with E-state index in [0.717, 1.165) is 0 Å². The maximum Gasteiger partial charge on any atom is 0.165 e. The summed E-state index contributed by atoms with van der Waals surface area (Å²) in [5.41, 5.74) is -0.658. The van der Waals surface area contributed by atoms with Gasteiger partial charge >= 0.3 is 0 Å². The summed E-state index contributed by atoms with van der Waals surface area (Å²) in [6.45, 7) is 7.59. The van der Waals surface area contributed by atoms with E-state index in [-0.39, 0.29) is 28.7 Å². The average molecular weight is 320 g/mol. The summed E-state index contributed by atoms with van der Waals surface area (Å²) in [5.74, 6) is -0.135. The minimum Gasteiger partial charge on any atom is -0.508 e. The van der Waals surface area contributed by atoms with E-state index < -0.39 is 5.60 Å². The molecule has 4 N–H and O–H groups in total. The van der Waals surface area contributed by atoms with Gasteiger partial charge in [-0.2, -0.15) is 0 Å². The maximum atomic E-state index is 9.87. The Morgan fingerprint density at radius 3 is 1.87 bits per heavy atom. The molecule has 0 atom stereocenters. The molecule has 0 radical (unpaired) electrons. The fourth-order valence-electron chi connectivity index (χ4n) is 1.92. The molecule has 2 rings (SSSR count). The molecule has 0 aromatic heterocycles. The molecular weight excluding hydrogens is 296 g/mol. The molecule has 0 aliphatic heterocycles. The van der Waals surface area contributed by atoms with Crippen LogP contribution in [0.3, 0.4) is 0 Å². The van der Waals surface area contributed by atoms with Crippen molar-refractivity contribution >= 4 is 0 Å². The van der Waals surface area contributed by atoms with Gasteiger partial charge in [-0.1, -0.05) is 20.3 Å². The van der Waals surface area contributed by atoms with Crippen molar-refractivity contribution in [1.29, 1.82) is 0 Å². The van der Waals surface area contributed by atoms with Gasteiger partial charge in [-0.05, 0) is 44.2 Å². The molecule has 0 saturated carbocycles. The van der Waals surface area contributed by atoms with Gasteiger partial charge in [0, 0.05) is 11.6 Å². The van der Waals surface area contributed by atoms with Crippen LogP contribution in [0, 0.1) is 0 Å². The highest BCUT2D eigenvalue weighted by Crippen LogP contribution is 2.39. The van der Waals surface area contributed by atoms with Crippen LogP contribution in [0.1, 0.15) is 39.7 Å². The first kappa shape index (κ1) is 18.5. The summed E-state index contributed by atoms with van der Waals surface area (Å²) in [6.07, 6.45) is 1.25. The molecule has 23 heavy (non-hydrogen) atoms. The van der Waals surface area contributed by atoms with Crippen LogP contribution in [0.25, 0.3) is 0 Å². The van der Waals surface area contributed by atoms with E-state index in [1.54, 1.807) is 13.8 Å². The topological polar surface area (TPSA) is 90.2 Å². The second kappa shape index (κ2) is 7.63. The molecule has 0 saturated heterocycles. The van der Waals surface area contributed by atoms with Crippen LogP contribution < -0.4 is 4.74 Å². The van der Waals surface area contributed by atoms with Gasteiger partial charge in [-0.15, -0.1) is 0 Å². The van der Waals surface area contributed by atoms with E-state index in [0.29, 0.717) is 5.56 Å². The highest BCUT2D eigenvalue weighted by molar-refractivity contribution is 5.46. The van der Waals surface area contributed by atoms with Crippen molar-refractivity contribution in [3.8, 4) is 28.7 Å². The largest absolute Gasteiger partial charge is 0.508 e. The summed E-state index contributed by atoms with van der Waals surface area (Å²) in [7, 11) is 0. The first-order valence-electron chi connectivity index (χ1n) is 7.44. The second-order valence-corrected chi connectivity index (χ2v) is 5.67. The van der Waals surface area contributed by atoms with E-state index in [1.165, 1.54) is 42.8 Å². The van der Waals surface area contributed by atoms with Crippen molar-refractivity contribution in [3.05, 3.63) is 42.0 Å². The standard InChI is InChI=1S/C15H16O5.C3H8/c1-15(2,11-7-9(16)3-5-12(11)18)20-14-8-10(17)4-6-13(14)19;1-3-2/h3-8,16-19H,1-2H3;3H2,1-2H3. The number of phenols is 4. The molecule has 0 bridgehead atoms. The van der Waals surface area contributed by atoms with Crippen LogP contribution in [0.2, 0.25) is 0 Å². The van der Waals surface area contributed by atoms with Crippen molar-refractivity contribution < 1.29 is 25.2 Å². The zero-order valence-electron chi connectivity index (χ0n) is 13.9. The smallest absolute Gasteiger partial charge is 0.165 e. The van der Waals surface area contributed by atoms with Gasteiger partial charge in [0.15, 0.2) is 11.5 Å². The summed E-state index contributed by atoms with van der Waals surface area (Å²) >= 11 is 0. The van der Waals surface area contributed by atoms with Crippen LogP contribution in [-0.4, -0.2) is 20.4 Å². The van der Waals surface area contributed by atoms with Gasteiger partial charge in [-0.3, -0.25) is 0 Å². The Bertz CT molecular complexity index is 650. The van der Waals surface area contributed by atoms with Crippen LogP contribution in [0.5, 0.6) is 28.7 Å². The number of ether oxygens (including phenoxy) is 1. The fraction of sp³-hybridized carbons (Fsp3) is 0.333. The number of phenolic OH excluding ortho intramolecular Hbond substituents is 4. The van der Waals surface area contributed by atoms with Gasteiger partial charge < -0.3 is 25.2 Å². The number of benzene rings is 2. The highest BCUT2D eigenvalue weighted by atomic mass is 16.5. The molecule has 0 amide bonds. The first-order valence-corrected chi connectivity index (χ1v) is 7.44. The second-order valence-electron chi connectivity index (χ2n) is 5.67. The monoisotopic (exact) mass is 320 g/mol. The molecule has 5 nitrogen and oxygen atoms in total. The summed E-state index contributed by atoms with van der Waals surface area (Å²) in [5, 5.41) is 38.5. The molecule has 5 heteroatoms. The molecule has 126 valence electrons. The molecule has 2 aromatic carbocycles. The minimum absolute atomic E-state index is 0.00499. The van der Waals surface area contributed by atoms with E-state index in [9.17, 15) is 20.4 Å². The SMILES string of the molecule is CC(C)(Oc1cc(O)ccc1O)c1cc(O)ccc1O.CCC. The summed E-state index contributed by atoms with van der Waals surface area (Å²) in [6, 6.07) is 8.02. The Morgan fingerprint density at radius 1 is 0.826 bits per heavy atom. The predicted molar refractivity (Wildman–Crippen MR) is 89.2 cm³/mol. The van der Waals surface area contributed by atoms with Gasteiger partial charge in [0.1, 0.15) is 22.8 Å².